The van der Waals surface area contributed by atoms with Crippen LogP contribution in [-0.2, 0) is 26.1 Å². The molecule has 26 heavy (non-hydrogen) atoms. The Morgan fingerprint density at radius 3 is 2.69 bits per heavy atom. The minimum atomic E-state index is -3.81. The Labute approximate surface area is 156 Å². The van der Waals surface area contributed by atoms with Crippen LogP contribution in [0.25, 0.3) is 0 Å². The lowest BCUT2D eigenvalue weighted by Gasteiger charge is -2.26. The molecule has 1 aliphatic rings. The molecule has 0 spiro atoms. The van der Waals surface area contributed by atoms with Gasteiger partial charge in [0.25, 0.3) is 0 Å². The van der Waals surface area contributed by atoms with Crippen molar-refractivity contribution >= 4 is 27.6 Å². The largest absolute Gasteiger partial charge is 0.456 e. The Morgan fingerprint density at radius 1 is 1.23 bits per heavy atom. The molecule has 1 saturated heterocycles. The van der Waals surface area contributed by atoms with E-state index in [1.54, 1.807) is 24.4 Å². The lowest BCUT2D eigenvalue weighted by molar-refractivity contribution is 0.0467. The molecule has 1 fully saturated rings. The number of benzene rings is 1. The summed E-state index contributed by atoms with van der Waals surface area (Å²) in [5.41, 5.74) is 0.702. The van der Waals surface area contributed by atoms with E-state index in [0.717, 1.165) is 0 Å². The molecule has 1 aromatic heterocycles. The number of hydrogen-bond donors (Lipinski definition) is 0. The van der Waals surface area contributed by atoms with Gasteiger partial charge in [0.15, 0.2) is 0 Å². The second kappa shape index (κ2) is 8.13. The second-order valence-corrected chi connectivity index (χ2v) is 7.87. The van der Waals surface area contributed by atoms with Crippen LogP contribution < -0.4 is 0 Å². The topological polar surface area (TPSA) is 85.8 Å². The molecular weight excluding hydrogens is 380 g/mol. The van der Waals surface area contributed by atoms with Crippen LogP contribution in [0.2, 0.25) is 5.02 Å². The fourth-order valence-corrected chi connectivity index (χ4v) is 4.37. The summed E-state index contributed by atoms with van der Waals surface area (Å²) in [6, 6.07) is 9.32. The molecule has 138 valence electrons. The lowest BCUT2D eigenvalue weighted by atomic mass is 10.2. The highest BCUT2D eigenvalue weighted by atomic mass is 35.5. The summed E-state index contributed by atoms with van der Waals surface area (Å²) in [5.74, 6) is -0.647. The number of aromatic nitrogens is 1. The zero-order chi connectivity index (χ0) is 18.6. The SMILES string of the molecule is O=C(OCc1ccccn1)c1ccc(Cl)c(S(=O)(=O)N2CCOCC2)c1. The van der Waals surface area contributed by atoms with Crippen molar-refractivity contribution in [3.8, 4) is 0 Å². The number of pyridine rings is 1. The van der Waals surface area contributed by atoms with Crippen molar-refractivity contribution in [1.82, 2.24) is 9.29 Å². The van der Waals surface area contributed by atoms with Gasteiger partial charge in [-0.15, -0.1) is 0 Å². The van der Waals surface area contributed by atoms with Crippen LogP contribution in [0.3, 0.4) is 0 Å². The monoisotopic (exact) mass is 396 g/mol. The highest BCUT2D eigenvalue weighted by molar-refractivity contribution is 7.89. The van der Waals surface area contributed by atoms with Gasteiger partial charge in [0.05, 0.1) is 29.5 Å². The van der Waals surface area contributed by atoms with E-state index in [0.29, 0.717) is 18.9 Å². The fourth-order valence-electron chi connectivity index (χ4n) is 2.46. The molecule has 2 heterocycles. The van der Waals surface area contributed by atoms with Crippen molar-refractivity contribution < 1.29 is 22.7 Å². The zero-order valence-electron chi connectivity index (χ0n) is 13.8. The van der Waals surface area contributed by atoms with Crippen LogP contribution in [0.5, 0.6) is 0 Å². The third-order valence-electron chi connectivity index (χ3n) is 3.83. The predicted octanol–water partition coefficient (Wildman–Crippen LogP) is 2.11. The second-order valence-electron chi connectivity index (χ2n) is 5.56. The van der Waals surface area contributed by atoms with E-state index >= 15 is 0 Å². The van der Waals surface area contributed by atoms with Crippen LogP contribution in [0.4, 0.5) is 0 Å². The van der Waals surface area contributed by atoms with Crippen molar-refractivity contribution in [1.29, 1.82) is 0 Å². The van der Waals surface area contributed by atoms with Gasteiger partial charge in [-0.05, 0) is 30.3 Å². The Kier molecular flexibility index (Phi) is 5.87. The Hall–Kier alpha value is -2.00. The molecule has 9 heteroatoms. The molecule has 3 rings (SSSR count). The first kappa shape index (κ1) is 18.8. The van der Waals surface area contributed by atoms with E-state index < -0.39 is 16.0 Å². The van der Waals surface area contributed by atoms with Crippen LogP contribution in [0.1, 0.15) is 16.1 Å². The number of esters is 1. The number of carbonyl (C=O) groups excluding carboxylic acids is 1. The molecule has 7 nitrogen and oxygen atoms in total. The average molecular weight is 397 g/mol. The number of sulfonamides is 1. The average Bonchev–Trinajstić information content (AvgIpc) is 2.68. The van der Waals surface area contributed by atoms with Gasteiger partial charge in [0.1, 0.15) is 11.5 Å². The molecule has 1 aliphatic heterocycles. The van der Waals surface area contributed by atoms with Crippen molar-refractivity contribution in [2.45, 2.75) is 11.5 Å². The predicted molar refractivity (Wildman–Crippen MR) is 94.4 cm³/mol. The van der Waals surface area contributed by atoms with Gasteiger partial charge < -0.3 is 9.47 Å². The van der Waals surface area contributed by atoms with Crippen molar-refractivity contribution in [2.24, 2.45) is 0 Å². The zero-order valence-corrected chi connectivity index (χ0v) is 15.4. The van der Waals surface area contributed by atoms with E-state index in [1.165, 1.54) is 22.5 Å². The van der Waals surface area contributed by atoms with Crippen molar-refractivity contribution in [2.75, 3.05) is 26.3 Å². The van der Waals surface area contributed by atoms with Crippen LogP contribution in [-0.4, -0.2) is 50.0 Å². The summed E-state index contributed by atoms with van der Waals surface area (Å²) < 4.78 is 37.2. The lowest BCUT2D eigenvalue weighted by Crippen LogP contribution is -2.40. The summed E-state index contributed by atoms with van der Waals surface area (Å²) >= 11 is 6.08. The van der Waals surface area contributed by atoms with Gasteiger partial charge in [0, 0.05) is 19.3 Å². The minimum absolute atomic E-state index is 0.00610. The van der Waals surface area contributed by atoms with Gasteiger partial charge in [-0.3, -0.25) is 4.98 Å². The van der Waals surface area contributed by atoms with Gasteiger partial charge in [-0.25, -0.2) is 13.2 Å². The Bertz CT molecular complexity index is 883. The molecule has 0 aliphatic carbocycles. The molecule has 0 radical (unpaired) electrons. The number of ether oxygens (including phenoxy) is 2. The normalized spacial score (nSPS) is 15.6. The molecule has 0 N–H and O–H groups in total. The summed E-state index contributed by atoms with van der Waals surface area (Å²) in [5, 5.41) is 0.0535. The third kappa shape index (κ3) is 4.21. The molecule has 0 saturated carbocycles. The van der Waals surface area contributed by atoms with Crippen LogP contribution in [0, 0.1) is 0 Å². The summed E-state index contributed by atoms with van der Waals surface area (Å²) in [6.45, 7) is 1.12. The molecule has 0 bridgehead atoms. The van der Waals surface area contributed by atoms with Gasteiger partial charge in [0.2, 0.25) is 10.0 Å². The smallest absolute Gasteiger partial charge is 0.338 e. The van der Waals surface area contributed by atoms with E-state index in [4.69, 9.17) is 21.1 Å². The highest BCUT2D eigenvalue weighted by Gasteiger charge is 2.29. The summed E-state index contributed by atoms with van der Waals surface area (Å²) in [7, 11) is -3.81. The van der Waals surface area contributed by atoms with E-state index in [9.17, 15) is 13.2 Å². The number of carbonyl (C=O) groups is 1. The number of hydrogen-bond acceptors (Lipinski definition) is 6. The van der Waals surface area contributed by atoms with Gasteiger partial charge >= 0.3 is 5.97 Å². The Morgan fingerprint density at radius 2 is 2.00 bits per heavy atom. The van der Waals surface area contributed by atoms with Crippen molar-refractivity contribution in [3.63, 3.8) is 0 Å². The number of nitrogens with zero attached hydrogens (tertiary/aromatic N) is 2. The summed E-state index contributed by atoms with van der Waals surface area (Å²) in [6.07, 6.45) is 1.60. The maximum Gasteiger partial charge on any atom is 0.338 e. The molecule has 0 atom stereocenters. The third-order valence-corrected chi connectivity index (χ3v) is 6.21. The summed E-state index contributed by atoms with van der Waals surface area (Å²) in [4.78, 5) is 16.2. The van der Waals surface area contributed by atoms with Gasteiger partial charge in [-0.1, -0.05) is 17.7 Å². The fraction of sp³-hybridized carbons (Fsp3) is 0.294. The molecular formula is C17H17ClN2O5S. The number of halogens is 1. The van der Waals surface area contributed by atoms with E-state index in [2.05, 4.69) is 4.98 Å². The van der Waals surface area contributed by atoms with E-state index in [-0.39, 0.29) is 35.2 Å². The number of rotatable bonds is 5. The molecule has 2 aromatic rings. The molecule has 1 aromatic carbocycles. The first-order valence-electron chi connectivity index (χ1n) is 7.93. The first-order valence-corrected chi connectivity index (χ1v) is 9.75. The van der Waals surface area contributed by atoms with Crippen LogP contribution >= 0.6 is 11.6 Å². The number of morpholine rings is 1. The van der Waals surface area contributed by atoms with E-state index in [1.807, 2.05) is 0 Å². The Balaban J connectivity index is 1.79. The maximum atomic E-state index is 12.8. The standard InChI is InChI=1S/C17H17ClN2O5S/c18-15-5-4-13(17(21)25-12-14-3-1-2-6-19-14)11-16(15)26(22,23)20-7-9-24-10-8-20/h1-6,11H,7-10,12H2. The van der Waals surface area contributed by atoms with Crippen molar-refractivity contribution in [3.05, 3.63) is 58.9 Å². The molecule has 0 unspecified atom stereocenters. The maximum absolute atomic E-state index is 12.8. The van der Waals surface area contributed by atoms with Crippen LogP contribution in [0.15, 0.2) is 47.5 Å². The minimum Gasteiger partial charge on any atom is -0.456 e. The van der Waals surface area contributed by atoms with Gasteiger partial charge in [-0.2, -0.15) is 4.31 Å². The quantitative estimate of drug-likeness (QED) is 0.719. The highest BCUT2D eigenvalue weighted by Crippen LogP contribution is 2.27. The first-order chi connectivity index (χ1) is 12.5. The molecule has 0 amide bonds.